The highest BCUT2D eigenvalue weighted by molar-refractivity contribution is 7.88. The van der Waals surface area contributed by atoms with E-state index in [1.165, 1.54) is 23.6 Å². The van der Waals surface area contributed by atoms with Crippen LogP contribution in [0.3, 0.4) is 0 Å². The summed E-state index contributed by atoms with van der Waals surface area (Å²) in [6.07, 6.45) is -1.53. The fourth-order valence-corrected chi connectivity index (χ4v) is 4.88. The first-order valence-corrected chi connectivity index (χ1v) is 11.3. The Morgan fingerprint density at radius 3 is 2.48 bits per heavy atom. The van der Waals surface area contributed by atoms with Crippen LogP contribution in [-0.2, 0) is 16.2 Å². The van der Waals surface area contributed by atoms with Crippen LogP contribution < -0.4 is 10.6 Å². The van der Waals surface area contributed by atoms with Crippen LogP contribution in [-0.4, -0.2) is 55.1 Å². The van der Waals surface area contributed by atoms with E-state index in [2.05, 4.69) is 20.6 Å². The lowest BCUT2D eigenvalue weighted by atomic mass is 10.1. The van der Waals surface area contributed by atoms with Crippen LogP contribution >= 0.6 is 11.3 Å². The van der Waals surface area contributed by atoms with Gasteiger partial charge in [-0.1, -0.05) is 11.3 Å². The number of nitrogens with one attached hydrogen (secondary N) is 2. The minimum Gasteiger partial charge on any atom is -0.365 e. The lowest BCUT2D eigenvalue weighted by Gasteiger charge is -2.31. The number of rotatable bonds is 5. The summed E-state index contributed by atoms with van der Waals surface area (Å²) in [6.45, 7) is 0.548. The molecule has 3 rings (SSSR count). The Kier molecular flexibility index (Phi) is 6.01. The Balaban J connectivity index is 1.86. The van der Waals surface area contributed by atoms with Gasteiger partial charge >= 0.3 is 6.18 Å². The number of aromatic nitrogens is 2. The summed E-state index contributed by atoms with van der Waals surface area (Å²) in [5.74, 6) is -1.08. The molecular weight excluding hydrogens is 434 g/mol. The molecule has 0 unspecified atom stereocenters. The van der Waals surface area contributed by atoms with Gasteiger partial charge in [0.05, 0.1) is 11.1 Å². The van der Waals surface area contributed by atoms with Crippen LogP contribution in [0.2, 0.25) is 0 Å². The molecule has 160 valence electrons. The van der Waals surface area contributed by atoms with E-state index in [0.717, 1.165) is 6.26 Å². The zero-order valence-corrected chi connectivity index (χ0v) is 17.2. The van der Waals surface area contributed by atoms with E-state index in [9.17, 15) is 21.6 Å². The number of sulfonamides is 1. The fraction of sp³-hybridized carbons (Fsp3) is 0.500. The van der Waals surface area contributed by atoms with Gasteiger partial charge in [0.25, 0.3) is 0 Å². The third-order valence-electron chi connectivity index (χ3n) is 4.51. The number of pyridine rings is 1. The summed E-state index contributed by atoms with van der Waals surface area (Å²) in [6, 6.07) is 0.927. The molecule has 3 heterocycles. The molecule has 0 saturated carbocycles. The van der Waals surface area contributed by atoms with E-state index in [0.29, 0.717) is 24.2 Å². The predicted octanol–water partition coefficient (Wildman–Crippen LogP) is 3.24. The second-order valence-electron chi connectivity index (χ2n) is 6.55. The van der Waals surface area contributed by atoms with Crippen molar-refractivity contribution in [1.82, 2.24) is 14.3 Å². The molecule has 7 nitrogen and oxygen atoms in total. The van der Waals surface area contributed by atoms with E-state index in [-0.39, 0.29) is 40.5 Å². The molecule has 1 aliphatic rings. The number of hydrogen-bond donors (Lipinski definition) is 2. The molecular formula is C16H19F4N5O2S2. The second-order valence-corrected chi connectivity index (χ2v) is 9.53. The third kappa shape index (κ3) is 4.78. The smallest absolute Gasteiger partial charge is 0.365 e. The number of hydrogen-bond acceptors (Lipinski definition) is 7. The van der Waals surface area contributed by atoms with Gasteiger partial charge in [0.2, 0.25) is 10.0 Å². The van der Waals surface area contributed by atoms with Crippen LogP contribution in [0.1, 0.15) is 18.5 Å². The van der Waals surface area contributed by atoms with Crippen LogP contribution in [0.5, 0.6) is 0 Å². The Labute approximate surface area is 169 Å². The largest absolute Gasteiger partial charge is 0.434 e. The van der Waals surface area contributed by atoms with Crippen molar-refractivity contribution >= 4 is 32.3 Å². The minimum absolute atomic E-state index is 0.0196. The van der Waals surface area contributed by atoms with Crippen LogP contribution in [0.25, 0.3) is 10.4 Å². The molecule has 0 spiro atoms. The maximum Gasteiger partial charge on any atom is 0.434 e. The van der Waals surface area contributed by atoms with Crippen molar-refractivity contribution < 1.29 is 26.0 Å². The van der Waals surface area contributed by atoms with Gasteiger partial charge in [-0.2, -0.15) is 13.2 Å². The molecule has 1 fully saturated rings. The van der Waals surface area contributed by atoms with Crippen LogP contribution in [0.15, 0.2) is 12.3 Å². The van der Waals surface area contributed by atoms with Crippen molar-refractivity contribution in [3.05, 3.63) is 23.8 Å². The standard InChI is InChI=1S/C16H19F4N5O2S2/c1-21-15-24-13(16(18,19)20)12(28-15)10-3-6-22-14(11(10)17)23-9-4-7-25(8-5-9)29(2,26)27/h3,6,9H,4-5,7-8H2,1-2H3,(H,21,24)(H,22,23). The summed E-state index contributed by atoms with van der Waals surface area (Å²) >= 11 is 0.700. The SMILES string of the molecule is CNc1nc(C(F)(F)F)c(-c2ccnc(NC3CCN(S(C)(=O)=O)CC3)c2F)s1. The van der Waals surface area contributed by atoms with E-state index < -0.39 is 27.7 Å². The lowest BCUT2D eigenvalue weighted by Crippen LogP contribution is -2.42. The van der Waals surface area contributed by atoms with Gasteiger partial charge in [0, 0.05) is 37.9 Å². The highest BCUT2D eigenvalue weighted by Crippen LogP contribution is 2.43. The van der Waals surface area contributed by atoms with Gasteiger partial charge in [-0.3, -0.25) is 0 Å². The normalized spacial score (nSPS) is 16.8. The number of nitrogens with zero attached hydrogens (tertiary/aromatic N) is 3. The Hall–Kier alpha value is -1.99. The van der Waals surface area contributed by atoms with Crippen molar-refractivity contribution in [2.24, 2.45) is 0 Å². The molecule has 0 bridgehead atoms. The minimum atomic E-state index is -4.73. The van der Waals surface area contributed by atoms with Crippen molar-refractivity contribution in [2.75, 3.05) is 37.0 Å². The second kappa shape index (κ2) is 8.03. The highest BCUT2D eigenvalue weighted by Gasteiger charge is 2.39. The van der Waals surface area contributed by atoms with E-state index in [4.69, 9.17) is 0 Å². The molecule has 1 saturated heterocycles. The number of anilines is 2. The maximum atomic E-state index is 15.0. The van der Waals surface area contributed by atoms with Gasteiger partial charge in [-0.05, 0) is 18.9 Å². The van der Waals surface area contributed by atoms with Gasteiger partial charge in [-0.15, -0.1) is 0 Å². The Morgan fingerprint density at radius 1 is 1.28 bits per heavy atom. The molecule has 0 aromatic carbocycles. The summed E-state index contributed by atoms with van der Waals surface area (Å²) in [5, 5.41) is 5.46. The topological polar surface area (TPSA) is 87.2 Å². The molecule has 2 N–H and O–H groups in total. The monoisotopic (exact) mass is 453 g/mol. The molecule has 0 atom stereocenters. The average Bonchev–Trinajstić information content (AvgIpc) is 3.08. The molecule has 2 aromatic rings. The number of piperidine rings is 1. The molecule has 0 aliphatic carbocycles. The Morgan fingerprint density at radius 2 is 1.93 bits per heavy atom. The fourth-order valence-electron chi connectivity index (χ4n) is 3.05. The number of thiazole rings is 1. The molecule has 2 aromatic heterocycles. The van der Waals surface area contributed by atoms with Crippen molar-refractivity contribution in [2.45, 2.75) is 25.1 Å². The zero-order valence-electron chi connectivity index (χ0n) is 15.5. The van der Waals surface area contributed by atoms with Crippen LogP contribution in [0, 0.1) is 5.82 Å². The summed E-state index contributed by atoms with van der Waals surface area (Å²) < 4.78 is 79.5. The van der Waals surface area contributed by atoms with E-state index in [1.807, 2.05) is 0 Å². The van der Waals surface area contributed by atoms with Gasteiger partial charge < -0.3 is 10.6 Å². The summed E-state index contributed by atoms with van der Waals surface area (Å²) in [5.41, 5.74) is -1.41. The quantitative estimate of drug-likeness (QED) is 0.676. The van der Waals surface area contributed by atoms with Crippen molar-refractivity contribution in [3.63, 3.8) is 0 Å². The van der Waals surface area contributed by atoms with Crippen molar-refractivity contribution in [1.29, 1.82) is 0 Å². The maximum absolute atomic E-state index is 15.0. The van der Waals surface area contributed by atoms with E-state index in [1.54, 1.807) is 0 Å². The number of alkyl halides is 3. The first kappa shape index (κ1) is 21.7. The van der Waals surface area contributed by atoms with Gasteiger partial charge in [0.15, 0.2) is 22.5 Å². The average molecular weight is 453 g/mol. The highest BCUT2D eigenvalue weighted by atomic mass is 32.2. The first-order chi connectivity index (χ1) is 13.5. The number of halogens is 4. The Bertz CT molecular complexity index is 986. The molecule has 29 heavy (non-hydrogen) atoms. The van der Waals surface area contributed by atoms with E-state index >= 15 is 4.39 Å². The zero-order chi connectivity index (χ0) is 21.4. The van der Waals surface area contributed by atoms with Crippen LogP contribution in [0.4, 0.5) is 28.5 Å². The molecule has 0 amide bonds. The summed E-state index contributed by atoms with van der Waals surface area (Å²) in [4.78, 5) is 7.08. The van der Waals surface area contributed by atoms with Crippen molar-refractivity contribution in [3.8, 4) is 10.4 Å². The van der Waals surface area contributed by atoms with Gasteiger partial charge in [-0.25, -0.2) is 27.1 Å². The van der Waals surface area contributed by atoms with Gasteiger partial charge in [0.1, 0.15) is 0 Å². The first-order valence-electron chi connectivity index (χ1n) is 8.63. The predicted molar refractivity (Wildman–Crippen MR) is 103 cm³/mol. The molecule has 1 aliphatic heterocycles. The lowest BCUT2D eigenvalue weighted by molar-refractivity contribution is -0.140. The summed E-state index contributed by atoms with van der Waals surface area (Å²) in [7, 11) is -1.86. The third-order valence-corrected chi connectivity index (χ3v) is 6.92. The molecule has 0 radical (unpaired) electrons. The molecule has 13 heteroatoms.